The summed E-state index contributed by atoms with van der Waals surface area (Å²) >= 11 is 0. The normalized spacial score (nSPS) is 9.39. The molecule has 0 fully saturated rings. The van der Waals surface area contributed by atoms with E-state index in [1.165, 1.54) is 36.5 Å². The van der Waals surface area contributed by atoms with E-state index in [1.807, 2.05) is 0 Å². The van der Waals surface area contributed by atoms with Gasteiger partial charge in [0, 0.05) is 12.3 Å². The Bertz CT molecular complexity index is 593. The molecule has 0 saturated heterocycles. The third-order valence-corrected chi connectivity index (χ3v) is 2.16. The summed E-state index contributed by atoms with van der Waals surface area (Å²) in [5, 5.41) is 2.48. The molecule has 0 atom stereocenters. The predicted molar refractivity (Wildman–Crippen MR) is 71.7 cm³/mol. The van der Waals surface area contributed by atoms with Gasteiger partial charge in [-0.1, -0.05) is 12.1 Å². The molecule has 2 aromatic rings. The lowest BCUT2D eigenvalue weighted by Gasteiger charge is -2.05. The monoisotopic (exact) mass is 312 g/mol. The number of aromatic amines is 1. The molecule has 0 radical (unpaired) electrons. The molecule has 1 amide bonds. The molecule has 2 rings (SSSR count). The summed E-state index contributed by atoms with van der Waals surface area (Å²) in [7, 11) is 0. The molecular weight excluding hydrogens is 303 g/mol. The molecule has 1 aromatic heterocycles. The van der Waals surface area contributed by atoms with Crippen LogP contribution in [0.3, 0.4) is 0 Å². The lowest BCUT2D eigenvalue weighted by Crippen LogP contribution is -2.14. The second kappa shape index (κ2) is 6.11. The maximum atomic E-state index is 13.3. The van der Waals surface area contributed by atoms with E-state index in [0.29, 0.717) is 5.69 Å². The van der Waals surface area contributed by atoms with Crippen LogP contribution in [-0.4, -0.2) is 10.9 Å². The van der Waals surface area contributed by atoms with E-state index in [1.54, 1.807) is 6.07 Å². The quantitative estimate of drug-likeness (QED) is 0.894. The van der Waals surface area contributed by atoms with E-state index < -0.39 is 11.7 Å². The highest BCUT2D eigenvalue weighted by Gasteiger charge is 2.10. The Balaban J connectivity index is 0.00000162. The van der Waals surface area contributed by atoms with Crippen LogP contribution in [-0.2, 0) is 0 Å². The van der Waals surface area contributed by atoms with Crippen LogP contribution in [0.5, 0.6) is 0 Å². The summed E-state index contributed by atoms with van der Waals surface area (Å²) in [6.45, 7) is 0. The molecule has 2 N–H and O–H groups in total. The first kappa shape index (κ1) is 14.1. The van der Waals surface area contributed by atoms with Gasteiger partial charge < -0.3 is 10.3 Å². The Morgan fingerprint density at radius 3 is 2.50 bits per heavy atom. The number of anilines is 1. The zero-order chi connectivity index (χ0) is 12.3. The summed E-state index contributed by atoms with van der Waals surface area (Å²) in [6, 6.07) is 8.39. The van der Waals surface area contributed by atoms with Gasteiger partial charge in [-0.15, -0.1) is 17.0 Å². The van der Waals surface area contributed by atoms with Gasteiger partial charge in [-0.05, 0) is 18.2 Å². The number of pyridine rings is 1. The number of hydrogen-bond donors (Lipinski definition) is 2. The molecule has 4 nitrogen and oxygen atoms in total. The van der Waals surface area contributed by atoms with Crippen LogP contribution in [0.4, 0.5) is 10.1 Å². The highest BCUT2D eigenvalue weighted by atomic mass is 79.9. The molecule has 18 heavy (non-hydrogen) atoms. The van der Waals surface area contributed by atoms with E-state index in [-0.39, 0.29) is 28.1 Å². The Labute approximate surface area is 113 Å². The number of benzene rings is 1. The number of hydrogen-bond acceptors (Lipinski definition) is 2. The number of rotatable bonds is 2. The van der Waals surface area contributed by atoms with E-state index in [0.717, 1.165) is 0 Å². The highest BCUT2D eigenvalue weighted by Crippen LogP contribution is 2.09. The van der Waals surface area contributed by atoms with Crippen molar-refractivity contribution in [1.82, 2.24) is 4.98 Å². The van der Waals surface area contributed by atoms with E-state index >= 15 is 0 Å². The van der Waals surface area contributed by atoms with Crippen LogP contribution >= 0.6 is 17.0 Å². The first-order chi connectivity index (χ1) is 8.16. The Kier molecular flexibility index (Phi) is 4.79. The largest absolute Gasteiger partial charge is 0.327 e. The molecule has 0 aliphatic heterocycles. The number of aromatic nitrogens is 1. The molecule has 0 aliphatic rings. The van der Waals surface area contributed by atoms with Crippen molar-refractivity contribution in [2.24, 2.45) is 0 Å². The smallest absolute Gasteiger partial charge is 0.258 e. The van der Waals surface area contributed by atoms with Crippen LogP contribution in [0.1, 0.15) is 10.4 Å². The molecule has 6 heteroatoms. The minimum Gasteiger partial charge on any atom is -0.327 e. The number of amides is 1. The standard InChI is InChI=1S/C12H9FN2O2.BrH/c13-10-4-2-1-3-9(10)12(17)15-8-5-6-11(16)14-7-8;/h1-7H,(H,14,16)(H,15,17);1H. The molecular formula is C12H10BrFN2O2. The molecule has 0 saturated carbocycles. The van der Waals surface area contributed by atoms with Crippen LogP contribution in [0.2, 0.25) is 0 Å². The van der Waals surface area contributed by atoms with Gasteiger partial charge in [-0.25, -0.2) is 4.39 Å². The van der Waals surface area contributed by atoms with Gasteiger partial charge >= 0.3 is 0 Å². The Hall–Kier alpha value is -1.95. The van der Waals surface area contributed by atoms with Gasteiger partial charge in [0.25, 0.3) is 5.91 Å². The molecule has 94 valence electrons. The number of H-pyrrole nitrogens is 1. The molecule has 0 bridgehead atoms. The summed E-state index contributed by atoms with van der Waals surface area (Å²) in [4.78, 5) is 24.9. The molecule has 1 heterocycles. The van der Waals surface area contributed by atoms with Crippen molar-refractivity contribution in [2.75, 3.05) is 5.32 Å². The lowest BCUT2D eigenvalue weighted by molar-refractivity contribution is 0.102. The summed E-state index contributed by atoms with van der Waals surface area (Å²) < 4.78 is 13.3. The molecule has 0 unspecified atom stereocenters. The molecule has 0 spiro atoms. The number of halogens is 2. The molecule has 0 aliphatic carbocycles. The van der Waals surface area contributed by atoms with E-state index in [4.69, 9.17) is 0 Å². The zero-order valence-corrected chi connectivity index (χ0v) is 10.9. The minimum absolute atomic E-state index is 0. The average Bonchev–Trinajstić information content (AvgIpc) is 2.32. The fourth-order valence-electron chi connectivity index (χ4n) is 1.33. The summed E-state index contributed by atoms with van der Waals surface area (Å²) in [6.07, 6.45) is 1.35. The fraction of sp³-hybridized carbons (Fsp3) is 0. The minimum atomic E-state index is -0.588. The second-order valence-electron chi connectivity index (χ2n) is 3.38. The maximum absolute atomic E-state index is 13.3. The van der Waals surface area contributed by atoms with Gasteiger partial charge in [-0.2, -0.15) is 0 Å². The van der Waals surface area contributed by atoms with Crippen molar-refractivity contribution in [3.63, 3.8) is 0 Å². The average molecular weight is 313 g/mol. The third-order valence-electron chi connectivity index (χ3n) is 2.16. The zero-order valence-electron chi connectivity index (χ0n) is 9.14. The van der Waals surface area contributed by atoms with Crippen LogP contribution < -0.4 is 10.9 Å². The summed E-state index contributed by atoms with van der Waals surface area (Å²) in [5.41, 5.74) is 0.0884. The molecule has 1 aromatic carbocycles. The predicted octanol–water partition coefficient (Wildman–Crippen LogP) is 2.34. The van der Waals surface area contributed by atoms with E-state index in [2.05, 4.69) is 10.3 Å². The number of carbonyl (C=O) groups is 1. The topological polar surface area (TPSA) is 62.0 Å². The highest BCUT2D eigenvalue weighted by molar-refractivity contribution is 8.93. The maximum Gasteiger partial charge on any atom is 0.258 e. The number of carbonyl (C=O) groups excluding carboxylic acids is 1. The SMILES string of the molecule is Br.O=C(Nc1ccc(=O)[nH]c1)c1ccccc1F. The van der Waals surface area contributed by atoms with Gasteiger partial charge in [0.15, 0.2) is 0 Å². The van der Waals surface area contributed by atoms with Gasteiger partial charge in [0.2, 0.25) is 5.56 Å². The second-order valence-corrected chi connectivity index (χ2v) is 3.38. The lowest BCUT2D eigenvalue weighted by atomic mass is 10.2. The summed E-state index contributed by atoms with van der Waals surface area (Å²) in [5.74, 6) is -1.15. The van der Waals surface area contributed by atoms with E-state index in [9.17, 15) is 14.0 Å². The van der Waals surface area contributed by atoms with Crippen molar-refractivity contribution >= 4 is 28.6 Å². The third kappa shape index (κ3) is 3.27. The fourth-order valence-corrected chi connectivity index (χ4v) is 1.33. The number of nitrogens with one attached hydrogen (secondary N) is 2. The Morgan fingerprint density at radius 2 is 1.89 bits per heavy atom. The van der Waals surface area contributed by atoms with Crippen LogP contribution in [0.25, 0.3) is 0 Å². The van der Waals surface area contributed by atoms with Crippen molar-refractivity contribution < 1.29 is 9.18 Å². The van der Waals surface area contributed by atoms with Gasteiger partial charge in [0.05, 0.1) is 11.3 Å². The first-order valence-corrected chi connectivity index (χ1v) is 4.91. The van der Waals surface area contributed by atoms with Crippen molar-refractivity contribution in [3.8, 4) is 0 Å². The van der Waals surface area contributed by atoms with Crippen molar-refractivity contribution in [1.29, 1.82) is 0 Å². The van der Waals surface area contributed by atoms with Gasteiger partial charge in [0.1, 0.15) is 5.82 Å². The Morgan fingerprint density at radius 1 is 1.17 bits per heavy atom. The van der Waals surface area contributed by atoms with Gasteiger partial charge in [-0.3, -0.25) is 9.59 Å². The van der Waals surface area contributed by atoms with Crippen LogP contribution in [0.15, 0.2) is 47.4 Å². The first-order valence-electron chi connectivity index (χ1n) is 4.91. The van der Waals surface area contributed by atoms with Crippen molar-refractivity contribution in [3.05, 3.63) is 64.3 Å². The van der Waals surface area contributed by atoms with Crippen LogP contribution in [0, 0.1) is 5.82 Å². The van der Waals surface area contributed by atoms with Crippen molar-refractivity contribution in [2.45, 2.75) is 0 Å².